The molecule has 0 fully saturated rings. The molecular formula is C20H18O6. The number of rotatable bonds is 1. The van der Waals surface area contributed by atoms with Gasteiger partial charge in [-0.05, 0) is 25.3 Å². The second kappa shape index (κ2) is 5.32. The van der Waals surface area contributed by atoms with Gasteiger partial charge in [0.05, 0.1) is 22.3 Å². The molecule has 0 aromatic heterocycles. The molecule has 0 radical (unpaired) electrons. The summed E-state index contributed by atoms with van der Waals surface area (Å²) in [4.78, 5) is 25.8. The Morgan fingerprint density at radius 2 is 1.62 bits per heavy atom. The van der Waals surface area contributed by atoms with Gasteiger partial charge in [-0.25, -0.2) is 0 Å². The van der Waals surface area contributed by atoms with Crippen LogP contribution >= 0.6 is 0 Å². The number of carbonyl (C=O) groups excluding carboxylic acids is 2. The van der Waals surface area contributed by atoms with Crippen LogP contribution in [0.4, 0.5) is 0 Å². The zero-order valence-electron chi connectivity index (χ0n) is 14.2. The minimum Gasteiger partial charge on any atom is -0.507 e. The van der Waals surface area contributed by atoms with E-state index in [4.69, 9.17) is 0 Å². The molecule has 0 saturated heterocycles. The van der Waals surface area contributed by atoms with E-state index in [1.54, 1.807) is 0 Å². The molecule has 0 aliphatic heterocycles. The molecule has 134 valence electrons. The van der Waals surface area contributed by atoms with E-state index in [1.165, 1.54) is 18.2 Å². The third-order valence-corrected chi connectivity index (χ3v) is 5.63. The van der Waals surface area contributed by atoms with Crippen LogP contribution < -0.4 is 0 Å². The summed E-state index contributed by atoms with van der Waals surface area (Å²) in [6.07, 6.45) is 1.22. The quantitative estimate of drug-likeness (QED) is 0.498. The van der Waals surface area contributed by atoms with E-state index in [9.17, 15) is 30.0 Å². The Hall–Kier alpha value is -2.86. The third kappa shape index (κ3) is 2.02. The maximum Gasteiger partial charge on any atom is 0.202 e. The first kappa shape index (κ1) is 16.6. The number of aromatic hydroxyl groups is 3. The van der Waals surface area contributed by atoms with E-state index in [-0.39, 0.29) is 52.3 Å². The first-order chi connectivity index (χ1) is 12.3. The number of hydrogen-bond donors (Lipinski definition) is 4. The van der Waals surface area contributed by atoms with Gasteiger partial charge in [-0.3, -0.25) is 9.59 Å². The lowest BCUT2D eigenvalue weighted by atomic mass is 9.73. The molecule has 4 rings (SSSR count). The Morgan fingerprint density at radius 3 is 2.31 bits per heavy atom. The van der Waals surface area contributed by atoms with Crippen LogP contribution in [0.1, 0.15) is 62.7 Å². The summed E-state index contributed by atoms with van der Waals surface area (Å²) in [6.45, 7) is 1.83. The Morgan fingerprint density at radius 1 is 0.962 bits per heavy atom. The number of aliphatic hydroxyl groups is 1. The van der Waals surface area contributed by atoms with E-state index in [0.29, 0.717) is 24.0 Å². The monoisotopic (exact) mass is 354 g/mol. The highest BCUT2D eigenvalue weighted by Gasteiger charge is 2.42. The van der Waals surface area contributed by atoms with Crippen molar-refractivity contribution < 1.29 is 30.0 Å². The van der Waals surface area contributed by atoms with Crippen molar-refractivity contribution in [3.8, 4) is 17.2 Å². The number of hydrogen-bond acceptors (Lipinski definition) is 6. The third-order valence-electron chi connectivity index (χ3n) is 5.63. The number of benzene rings is 2. The molecule has 6 nitrogen and oxygen atoms in total. The number of phenolic OH excluding ortho intramolecular Hbond substituents is 3. The smallest absolute Gasteiger partial charge is 0.202 e. The predicted octanol–water partition coefficient (Wildman–Crippen LogP) is 2.21. The van der Waals surface area contributed by atoms with Gasteiger partial charge in [0.2, 0.25) is 5.78 Å². The topological polar surface area (TPSA) is 115 Å². The van der Waals surface area contributed by atoms with Crippen molar-refractivity contribution in [2.45, 2.75) is 38.2 Å². The van der Waals surface area contributed by atoms with E-state index in [2.05, 4.69) is 0 Å². The van der Waals surface area contributed by atoms with Crippen molar-refractivity contribution in [3.63, 3.8) is 0 Å². The van der Waals surface area contributed by atoms with Gasteiger partial charge in [-0.2, -0.15) is 0 Å². The lowest BCUT2D eigenvalue weighted by Gasteiger charge is -2.35. The van der Waals surface area contributed by atoms with Crippen molar-refractivity contribution in [2.75, 3.05) is 0 Å². The van der Waals surface area contributed by atoms with Crippen LogP contribution in [0.25, 0.3) is 0 Å². The summed E-state index contributed by atoms with van der Waals surface area (Å²) in [5.74, 6) is -2.39. The molecule has 2 aliphatic carbocycles. The highest BCUT2D eigenvalue weighted by atomic mass is 16.3. The summed E-state index contributed by atoms with van der Waals surface area (Å²) in [5.41, 5.74) is -1.06. The lowest BCUT2D eigenvalue weighted by molar-refractivity contribution is 0.0216. The SMILES string of the molecule is CC[C@]1(O)CCc2c(O)c3c(c(O)c2C1)C(=O)c1cccc(O)c1C3=O. The van der Waals surface area contributed by atoms with Crippen LogP contribution in [0, 0.1) is 0 Å². The highest BCUT2D eigenvalue weighted by Crippen LogP contribution is 2.48. The highest BCUT2D eigenvalue weighted by molar-refractivity contribution is 6.31. The molecule has 0 unspecified atom stereocenters. The molecule has 0 heterocycles. The van der Waals surface area contributed by atoms with Crippen LogP contribution in [0.5, 0.6) is 17.2 Å². The van der Waals surface area contributed by atoms with Crippen molar-refractivity contribution in [2.24, 2.45) is 0 Å². The van der Waals surface area contributed by atoms with Crippen LogP contribution in [-0.2, 0) is 12.8 Å². The van der Waals surface area contributed by atoms with Gasteiger partial charge in [0, 0.05) is 23.1 Å². The minimum absolute atomic E-state index is 0.0151. The van der Waals surface area contributed by atoms with Crippen LogP contribution in [0.3, 0.4) is 0 Å². The molecule has 0 spiro atoms. The minimum atomic E-state index is -1.02. The number of carbonyl (C=O) groups is 2. The van der Waals surface area contributed by atoms with Gasteiger partial charge in [0.25, 0.3) is 0 Å². The fraction of sp³-hybridized carbons (Fsp3) is 0.300. The summed E-state index contributed by atoms with van der Waals surface area (Å²) in [6, 6.07) is 4.14. The molecule has 2 aromatic carbocycles. The van der Waals surface area contributed by atoms with Crippen molar-refractivity contribution in [1.29, 1.82) is 0 Å². The molecule has 0 saturated carbocycles. The molecule has 2 aromatic rings. The van der Waals surface area contributed by atoms with Gasteiger partial charge in [-0.15, -0.1) is 0 Å². The summed E-state index contributed by atoms with van der Waals surface area (Å²) >= 11 is 0. The molecule has 0 amide bonds. The van der Waals surface area contributed by atoms with Crippen molar-refractivity contribution in [1.82, 2.24) is 0 Å². The molecule has 6 heteroatoms. The molecular weight excluding hydrogens is 336 g/mol. The Labute approximate surface area is 149 Å². The zero-order valence-corrected chi connectivity index (χ0v) is 14.2. The number of fused-ring (bicyclic) bond motifs is 3. The second-order valence-corrected chi connectivity index (χ2v) is 7.02. The van der Waals surface area contributed by atoms with Crippen LogP contribution in [0.15, 0.2) is 18.2 Å². The van der Waals surface area contributed by atoms with Gasteiger partial charge >= 0.3 is 0 Å². The maximum absolute atomic E-state index is 12.9. The first-order valence-corrected chi connectivity index (χ1v) is 8.52. The van der Waals surface area contributed by atoms with Gasteiger partial charge in [0.1, 0.15) is 17.2 Å². The van der Waals surface area contributed by atoms with Gasteiger partial charge in [-0.1, -0.05) is 19.1 Å². The van der Waals surface area contributed by atoms with E-state index < -0.39 is 17.2 Å². The fourth-order valence-corrected chi connectivity index (χ4v) is 4.03. The van der Waals surface area contributed by atoms with Gasteiger partial charge < -0.3 is 20.4 Å². The fourth-order valence-electron chi connectivity index (χ4n) is 4.03. The first-order valence-electron chi connectivity index (χ1n) is 8.52. The number of phenols is 3. The average Bonchev–Trinajstić information content (AvgIpc) is 2.62. The molecule has 0 bridgehead atoms. The van der Waals surface area contributed by atoms with E-state index >= 15 is 0 Å². The molecule has 4 N–H and O–H groups in total. The second-order valence-electron chi connectivity index (χ2n) is 7.02. The van der Waals surface area contributed by atoms with E-state index in [0.717, 1.165) is 0 Å². The molecule has 2 aliphatic rings. The Balaban J connectivity index is 2.02. The standard InChI is InChI=1S/C20H18O6/c1-2-20(26)7-6-9-11(8-20)18(24)14-15(16(9)22)19(25)13-10(17(14)23)4-3-5-12(13)21/h3-5,21-22,24,26H,2,6-8H2,1H3/t20-/m0/s1. The van der Waals surface area contributed by atoms with Gasteiger partial charge in [0.15, 0.2) is 5.78 Å². The Kier molecular flexibility index (Phi) is 3.39. The predicted molar refractivity (Wildman–Crippen MR) is 92.0 cm³/mol. The maximum atomic E-state index is 12.9. The summed E-state index contributed by atoms with van der Waals surface area (Å²) in [7, 11) is 0. The van der Waals surface area contributed by atoms with Crippen LogP contribution in [-0.4, -0.2) is 37.6 Å². The lowest BCUT2D eigenvalue weighted by Crippen LogP contribution is -2.36. The summed E-state index contributed by atoms with van der Waals surface area (Å²) < 4.78 is 0. The van der Waals surface area contributed by atoms with E-state index in [1.807, 2.05) is 6.92 Å². The zero-order chi connectivity index (χ0) is 18.8. The largest absolute Gasteiger partial charge is 0.507 e. The van der Waals surface area contributed by atoms with Crippen LogP contribution in [0.2, 0.25) is 0 Å². The van der Waals surface area contributed by atoms with Crippen molar-refractivity contribution >= 4 is 11.6 Å². The number of ketones is 2. The summed E-state index contributed by atoms with van der Waals surface area (Å²) in [5, 5.41) is 42.1. The Bertz CT molecular complexity index is 991. The molecule has 26 heavy (non-hydrogen) atoms. The van der Waals surface area contributed by atoms with Crippen molar-refractivity contribution in [3.05, 3.63) is 51.6 Å². The average molecular weight is 354 g/mol. The normalized spacial score (nSPS) is 21.2. The molecule has 1 atom stereocenters.